The maximum Gasteiger partial charge on any atom is 0.245 e. The molecule has 0 aliphatic carbocycles. The molecule has 0 N–H and O–H groups in total. The Morgan fingerprint density at radius 1 is 1.42 bits per heavy atom. The van der Waals surface area contributed by atoms with Gasteiger partial charge >= 0.3 is 0 Å². The van der Waals surface area contributed by atoms with Gasteiger partial charge in [-0.1, -0.05) is 27.2 Å². The third kappa shape index (κ3) is 7.54. The Kier molecular flexibility index (Phi) is 12.2. The molecule has 0 bridgehead atoms. The van der Waals surface area contributed by atoms with E-state index in [0.717, 1.165) is 12.8 Å². The summed E-state index contributed by atoms with van der Waals surface area (Å²) in [6.07, 6.45) is 2.57. The minimum atomic E-state index is 0.0457. The van der Waals surface area contributed by atoms with Crippen molar-refractivity contribution in [1.82, 2.24) is 5.06 Å². The molecule has 0 aromatic rings. The molecule has 0 aliphatic rings. The SMILES string of the molecule is CC.CCCCC(=O)N(C)OC. The number of rotatable bonds is 4. The molecule has 74 valence electrons. The zero-order chi connectivity index (χ0) is 9.98. The molecular weight excluding hydrogens is 154 g/mol. The van der Waals surface area contributed by atoms with Gasteiger partial charge in [-0.3, -0.25) is 9.63 Å². The lowest BCUT2D eigenvalue weighted by atomic mass is 10.2. The van der Waals surface area contributed by atoms with Gasteiger partial charge < -0.3 is 0 Å². The summed E-state index contributed by atoms with van der Waals surface area (Å²) in [6.45, 7) is 6.06. The summed E-state index contributed by atoms with van der Waals surface area (Å²) in [5, 5.41) is 1.26. The van der Waals surface area contributed by atoms with E-state index in [1.54, 1.807) is 7.05 Å². The molecule has 0 spiro atoms. The van der Waals surface area contributed by atoms with Crippen LogP contribution >= 0.6 is 0 Å². The molecule has 3 heteroatoms. The average Bonchev–Trinajstić information content (AvgIpc) is 2.16. The Bertz CT molecular complexity index is 105. The molecule has 0 rings (SSSR count). The predicted molar refractivity (Wildman–Crippen MR) is 50.7 cm³/mol. The normalized spacial score (nSPS) is 8.42. The molecule has 0 aromatic heterocycles. The maximum atomic E-state index is 10.9. The third-order valence-corrected chi connectivity index (χ3v) is 1.37. The van der Waals surface area contributed by atoms with Crippen LogP contribution in [-0.2, 0) is 9.63 Å². The predicted octanol–water partition coefficient (Wildman–Crippen LogP) is 2.22. The number of hydrogen-bond acceptors (Lipinski definition) is 2. The first-order valence-corrected chi connectivity index (χ1v) is 4.53. The summed E-state index contributed by atoms with van der Waals surface area (Å²) < 4.78 is 0. The molecule has 0 unspecified atom stereocenters. The molecule has 0 radical (unpaired) electrons. The van der Waals surface area contributed by atoms with Crippen LogP contribution in [0.25, 0.3) is 0 Å². The van der Waals surface area contributed by atoms with Crippen LogP contribution in [-0.4, -0.2) is 25.1 Å². The average molecular weight is 175 g/mol. The first kappa shape index (κ1) is 14.0. The van der Waals surface area contributed by atoms with Gasteiger partial charge in [0, 0.05) is 13.5 Å². The topological polar surface area (TPSA) is 29.5 Å². The molecule has 3 nitrogen and oxygen atoms in total. The Morgan fingerprint density at radius 2 is 1.92 bits per heavy atom. The summed E-state index contributed by atoms with van der Waals surface area (Å²) in [5.41, 5.74) is 0. The summed E-state index contributed by atoms with van der Waals surface area (Å²) in [4.78, 5) is 15.6. The fourth-order valence-electron chi connectivity index (χ4n) is 0.587. The van der Waals surface area contributed by atoms with Crippen molar-refractivity contribution < 1.29 is 9.63 Å². The fourth-order valence-corrected chi connectivity index (χ4v) is 0.587. The van der Waals surface area contributed by atoms with Crippen LogP contribution in [0.1, 0.15) is 40.0 Å². The molecule has 0 heterocycles. The van der Waals surface area contributed by atoms with E-state index < -0.39 is 0 Å². The monoisotopic (exact) mass is 175 g/mol. The van der Waals surface area contributed by atoms with Gasteiger partial charge in [0.1, 0.15) is 0 Å². The molecule has 0 aliphatic heterocycles. The van der Waals surface area contributed by atoms with Crippen molar-refractivity contribution in [2.45, 2.75) is 40.0 Å². The van der Waals surface area contributed by atoms with E-state index in [2.05, 4.69) is 6.92 Å². The van der Waals surface area contributed by atoms with Gasteiger partial charge in [-0.2, -0.15) is 0 Å². The van der Waals surface area contributed by atoms with Gasteiger partial charge in [-0.25, -0.2) is 5.06 Å². The summed E-state index contributed by atoms with van der Waals surface area (Å²) in [7, 11) is 3.11. The molecule has 12 heavy (non-hydrogen) atoms. The largest absolute Gasteiger partial charge is 0.275 e. The van der Waals surface area contributed by atoms with Gasteiger partial charge in [-0.05, 0) is 6.42 Å². The highest BCUT2D eigenvalue weighted by atomic mass is 16.7. The van der Waals surface area contributed by atoms with Gasteiger partial charge in [0.05, 0.1) is 7.11 Å². The smallest absolute Gasteiger partial charge is 0.245 e. The summed E-state index contributed by atoms with van der Waals surface area (Å²) in [5.74, 6) is 0.0457. The van der Waals surface area contributed by atoms with Crippen molar-refractivity contribution in [2.75, 3.05) is 14.2 Å². The Balaban J connectivity index is 0. The molecule has 1 amide bonds. The zero-order valence-electron chi connectivity index (χ0n) is 8.89. The number of nitrogens with zero attached hydrogens (tertiary/aromatic N) is 1. The van der Waals surface area contributed by atoms with Crippen molar-refractivity contribution in [3.05, 3.63) is 0 Å². The van der Waals surface area contributed by atoms with Gasteiger partial charge in [-0.15, -0.1) is 0 Å². The van der Waals surface area contributed by atoms with Crippen LogP contribution in [0.2, 0.25) is 0 Å². The van der Waals surface area contributed by atoms with Crippen molar-refractivity contribution in [2.24, 2.45) is 0 Å². The van der Waals surface area contributed by atoms with Crippen molar-refractivity contribution in [1.29, 1.82) is 0 Å². The first-order chi connectivity index (χ1) is 5.72. The Labute approximate surface area is 75.7 Å². The lowest BCUT2D eigenvalue weighted by molar-refractivity contribution is -0.168. The van der Waals surface area contributed by atoms with E-state index in [0.29, 0.717) is 6.42 Å². The van der Waals surface area contributed by atoms with Crippen LogP contribution in [0.5, 0.6) is 0 Å². The van der Waals surface area contributed by atoms with Crippen LogP contribution in [0, 0.1) is 0 Å². The van der Waals surface area contributed by atoms with Gasteiger partial charge in [0.2, 0.25) is 5.91 Å². The highest BCUT2D eigenvalue weighted by molar-refractivity contribution is 5.74. The molecule has 0 fully saturated rings. The molecule has 0 aromatic carbocycles. The standard InChI is InChI=1S/C7H15NO2.C2H6/c1-4-5-6-7(9)8(2)10-3;1-2/h4-6H2,1-3H3;1-2H3. The highest BCUT2D eigenvalue weighted by Gasteiger charge is 2.04. The molecule has 0 saturated carbocycles. The molecule has 0 atom stereocenters. The van der Waals surface area contributed by atoms with E-state index in [4.69, 9.17) is 4.84 Å². The number of hydroxylamine groups is 2. The second kappa shape index (κ2) is 10.4. The minimum absolute atomic E-state index is 0.0457. The minimum Gasteiger partial charge on any atom is -0.275 e. The quantitative estimate of drug-likeness (QED) is 0.613. The van der Waals surface area contributed by atoms with Crippen LogP contribution in [0.3, 0.4) is 0 Å². The molecule has 0 saturated heterocycles. The lowest BCUT2D eigenvalue weighted by Gasteiger charge is -2.12. The second-order valence-electron chi connectivity index (χ2n) is 2.18. The van der Waals surface area contributed by atoms with Crippen molar-refractivity contribution in [3.8, 4) is 0 Å². The van der Waals surface area contributed by atoms with E-state index in [-0.39, 0.29) is 5.91 Å². The van der Waals surface area contributed by atoms with Gasteiger partial charge in [0.25, 0.3) is 0 Å². The number of carbonyl (C=O) groups is 1. The summed E-state index contributed by atoms with van der Waals surface area (Å²) >= 11 is 0. The zero-order valence-corrected chi connectivity index (χ0v) is 8.89. The van der Waals surface area contributed by atoms with Crippen LogP contribution in [0.15, 0.2) is 0 Å². The van der Waals surface area contributed by atoms with E-state index in [9.17, 15) is 4.79 Å². The number of hydrogen-bond donors (Lipinski definition) is 0. The van der Waals surface area contributed by atoms with E-state index >= 15 is 0 Å². The number of carbonyl (C=O) groups excluding carboxylic acids is 1. The van der Waals surface area contributed by atoms with Crippen molar-refractivity contribution >= 4 is 5.91 Å². The number of unbranched alkanes of at least 4 members (excludes halogenated alkanes) is 1. The van der Waals surface area contributed by atoms with E-state index in [1.807, 2.05) is 13.8 Å². The van der Waals surface area contributed by atoms with E-state index in [1.165, 1.54) is 12.2 Å². The lowest BCUT2D eigenvalue weighted by Crippen LogP contribution is -2.24. The first-order valence-electron chi connectivity index (χ1n) is 4.53. The third-order valence-electron chi connectivity index (χ3n) is 1.37. The van der Waals surface area contributed by atoms with Crippen LogP contribution in [0.4, 0.5) is 0 Å². The second-order valence-corrected chi connectivity index (χ2v) is 2.18. The maximum absolute atomic E-state index is 10.9. The Morgan fingerprint density at radius 3 is 2.25 bits per heavy atom. The van der Waals surface area contributed by atoms with Gasteiger partial charge in [0.15, 0.2) is 0 Å². The Hall–Kier alpha value is -0.570. The molecular formula is C9H21NO2. The summed E-state index contributed by atoms with van der Waals surface area (Å²) in [6, 6.07) is 0. The fraction of sp³-hybridized carbons (Fsp3) is 0.889. The highest BCUT2D eigenvalue weighted by Crippen LogP contribution is 1.97. The van der Waals surface area contributed by atoms with Crippen LogP contribution < -0.4 is 0 Å². The number of amides is 1. The van der Waals surface area contributed by atoms with Crippen molar-refractivity contribution in [3.63, 3.8) is 0 Å².